The van der Waals surface area contributed by atoms with Crippen molar-refractivity contribution in [2.45, 2.75) is 23.8 Å². The summed E-state index contributed by atoms with van der Waals surface area (Å²) in [5, 5.41) is 6.07. The molecule has 6 nitrogen and oxygen atoms in total. The van der Waals surface area contributed by atoms with Crippen LogP contribution in [-0.2, 0) is 11.2 Å². The lowest BCUT2D eigenvalue weighted by Crippen LogP contribution is -2.30. The van der Waals surface area contributed by atoms with E-state index >= 15 is 0 Å². The summed E-state index contributed by atoms with van der Waals surface area (Å²) in [6, 6.07) is 20.7. The zero-order chi connectivity index (χ0) is 23.2. The van der Waals surface area contributed by atoms with Crippen LogP contribution in [0.1, 0.15) is 33.9 Å². The van der Waals surface area contributed by atoms with Crippen LogP contribution < -0.4 is 20.1 Å². The summed E-state index contributed by atoms with van der Waals surface area (Å²) >= 11 is 1.62. The van der Waals surface area contributed by atoms with Crippen molar-refractivity contribution in [3.8, 4) is 11.5 Å². The molecule has 4 rings (SSSR count). The van der Waals surface area contributed by atoms with E-state index in [9.17, 15) is 9.59 Å². The highest BCUT2D eigenvalue weighted by molar-refractivity contribution is 7.99. The third-order valence-corrected chi connectivity index (χ3v) is 6.60. The van der Waals surface area contributed by atoms with Gasteiger partial charge in [0.05, 0.1) is 25.9 Å². The monoisotopic (exact) mass is 462 g/mol. The van der Waals surface area contributed by atoms with Crippen molar-refractivity contribution >= 4 is 29.3 Å². The Labute approximate surface area is 197 Å². The maximum absolute atomic E-state index is 13.2. The number of anilines is 1. The molecule has 1 aliphatic rings. The van der Waals surface area contributed by atoms with E-state index in [0.717, 1.165) is 33.3 Å². The number of carbonyl (C=O) groups is 2. The number of hydrogen-bond donors (Lipinski definition) is 2. The highest BCUT2D eigenvalue weighted by atomic mass is 32.2. The molecular formula is C26H26N2O4S. The molecule has 1 unspecified atom stereocenters. The second-order valence-corrected chi connectivity index (χ2v) is 8.85. The second kappa shape index (κ2) is 10.4. The molecule has 1 aliphatic heterocycles. The molecule has 0 aliphatic carbocycles. The van der Waals surface area contributed by atoms with E-state index in [0.29, 0.717) is 24.1 Å². The Morgan fingerprint density at radius 2 is 1.67 bits per heavy atom. The van der Waals surface area contributed by atoms with Crippen molar-refractivity contribution in [1.82, 2.24) is 5.32 Å². The molecule has 0 spiro atoms. The van der Waals surface area contributed by atoms with Crippen LogP contribution in [0.15, 0.2) is 71.6 Å². The minimum absolute atomic E-state index is 0.0329. The molecule has 1 atom stereocenters. The average Bonchev–Trinajstić information content (AvgIpc) is 3.04. The SMILES string of the molecule is COc1ccc(CC(NC(=O)c2ccc3c(c2)NC(=O)CCS3)c2ccc(OC)cc2)cc1. The molecule has 2 N–H and O–H groups in total. The highest BCUT2D eigenvalue weighted by Gasteiger charge is 2.20. The van der Waals surface area contributed by atoms with Crippen LogP contribution in [0.2, 0.25) is 0 Å². The van der Waals surface area contributed by atoms with Crippen LogP contribution in [0, 0.1) is 0 Å². The second-order valence-electron chi connectivity index (χ2n) is 7.71. The Morgan fingerprint density at radius 1 is 1.00 bits per heavy atom. The van der Waals surface area contributed by atoms with Crippen LogP contribution >= 0.6 is 11.8 Å². The predicted octanol–water partition coefficient (Wildman–Crippen LogP) is 4.85. The molecule has 0 fully saturated rings. The molecule has 7 heteroatoms. The number of benzene rings is 3. The summed E-state index contributed by atoms with van der Waals surface area (Å²) in [5.74, 6) is 2.04. The maximum atomic E-state index is 13.2. The molecule has 0 radical (unpaired) electrons. The Kier molecular flexibility index (Phi) is 7.19. The van der Waals surface area contributed by atoms with Gasteiger partial charge in [-0.1, -0.05) is 24.3 Å². The summed E-state index contributed by atoms with van der Waals surface area (Å²) < 4.78 is 10.5. The fourth-order valence-corrected chi connectivity index (χ4v) is 4.63. The first-order chi connectivity index (χ1) is 16.1. The molecule has 0 saturated heterocycles. The highest BCUT2D eigenvalue weighted by Crippen LogP contribution is 2.32. The van der Waals surface area contributed by atoms with Crippen molar-refractivity contribution in [3.63, 3.8) is 0 Å². The maximum Gasteiger partial charge on any atom is 0.251 e. The number of ether oxygens (including phenoxy) is 2. The zero-order valence-corrected chi connectivity index (χ0v) is 19.4. The zero-order valence-electron chi connectivity index (χ0n) is 18.6. The smallest absolute Gasteiger partial charge is 0.251 e. The van der Waals surface area contributed by atoms with Gasteiger partial charge in [0, 0.05) is 22.6 Å². The number of hydrogen-bond acceptors (Lipinski definition) is 5. The number of carbonyl (C=O) groups excluding carboxylic acids is 2. The molecule has 3 aromatic carbocycles. The van der Waals surface area contributed by atoms with E-state index in [1.807, 2.05) is 54.6 Å². The van der Waals surface area contributed by atoms with E-state index in [1.165, 1.54) is 0 Å². The summed E-state index contributed by atoms with van der Waals surface area (Å²) in [4.78, 5) is 26.1. The minimum Gasteiger partial charge on any atom is -0.497 e. The first kappa shape index (κ1) is 22.7. The number of nitrogens with one attached hydrogen (secondary N) is 2. The van der Waals surface area contributed by atoms with Gasteiger partial charge in [0.1, 0.15) is 11.5 Å². The Morgan fingerprint density at radius 3 is 2.33 bits per heavy atom. The number of methoxy groups -OCH3 is 2. The van der Waals surface area contributed by atoms with E-state index in [1.54, 1.807) is 38.1 Å². The normalized spacial score (nSPS) is 13.8. The summed E-state index contributed by atoms with van der Waals surface area (Å²) in [6.45, 7) is 0. The van der Waals surface area contributed by atoms with Crippen LogP contribution in [0.5, 0.6) is 11.5 Å². The standard InChI is InChI=1S/C26H26N2O4S/c1-31-20-8-3-17(4-9-20)15-22(18-5-10-21(32-2)11-6-18)28-26(30)19-7-12-24-23(16-19)27-25(29)13-14-33-24/h3-12,16,22H,13-15H2,1-2H3,(H,27,29)(H,28,30). The largest absolute Gasteiger partial charge is 0.497 e. The average molecular weight is 463 g/mol. The minimum atomic E-state index is -0.250. The molecule has 1 heterocycles. The van der Waals surface area contributed by atoms with Gasteiger partial charge in [0.15, 0.2) is 0 Å². The number of fused-ring (bicyclic) bond motifs is 1. The van der Waals surface area contributed by atoms with Gasteiger partial charge in [-0.15, -0.1) is 11.8 Å². The Bertz CT molecular complexity index is 1130. The molecule has 170 valence electrons. The number of rotatable bonds is 7. The van der Waals surface area contributed by atoms with Crippen LogP contribution in [-0.4, -0.2) is 31.8 Å². The molecular weight excluding hydrogens is 436 g/mol. The van der Waals surface area contributed by atoms with Gasteiger partial charge in [-0.05, 0) is 60.0 Å². The molecule has 0 bridgehead atoms. The van der Waals surface area contributed by atoms with Crippen LogP contribution in [0.4, 0.5) is 5.69 Å². The lowest BCUT2D eigenvalue weighted by atomic mass is 9.98. The number of thioether (sulfide) groups is 1. The van der Waals surface area contributed by atoms with Gasteiger partial charge in [-0.3, -0.25) is 9.59 Å². The van der Waals surface area contributed by atoms with Crippen molar-refractivity contribution in [2.75, 3.05) is 25.3 Å². The van der Waals surface area contributed by atoms with E-state index in [4.69, 9.17) is 9.47 Å². The van der Waals surface area contributed by atoms with E-state index < -0.39 is 0 Å². The lowest BCUT2D eigenvalue weighted by Gasteiger charge is -2.20. The summed E-state index contributed by atoms with van der Waals surface area (Å²) in [5.41, 5.74) is 3.23. The number of amides is 2. The Balaban J connectivity index is 1.58. The molecule has 0 saturated carbocycles. The first-order valence-electron chi connectivity index (χ1n) is 10.7. The third kappa shape index (κ3) is 5.68. The van der Waals surface area contributed by atoms with Crippen molar-refractivity contribution < 1.29 is 19.1 Å². The quantitative estimate of drug-likeness (QED) is 0.525. The van der Waals surface area contributed by atoms with Gasteiger partial charge in [0.2, 0.25) is 5.91 Å². The molecule has 2 amide bonds. The van der Waals surface area contributed by atoms with Crippen molar-refractivity contribution in [2.24, 2.45) is 0 Å². The van der Waals surface area contributed by atoms with Gasteiger partial charge >= 0.3 is 0 Å². The van der Waals surface area contributed by atoms with Crippen molar-refractivity contribution in [1.29, 1.82) is 0 Å². The molecule has 33 heavy (non-hydrogen) atoms. The van der Waals surface area contributed by atoms with Gasteiger partial charge < -0.3 is 20.1 Å². The Hall–Kier alpha value is -3.45. The first-order valence-corrected chi connectivity index (χ1v) is 11.7. The predicted molar refractivity (Wildman–Crippen MR) is 130 cm³/mol. The molecule has 3 aromatic rings. The van der Waals surface area contributed by atoms with Crippen LogP contribution in [0.25, 0.3) is 0 Å². The fraction of sp³-hybridized carbons (Fsp3) is 0.231. The summed E-state index contributed by atoms with van der Waals surface area (Å²) in [6.07, 6.45) is 1.07. The van der Waals surface area contributed by atoms with E-state index in [-0.39, 0.29) is 17.9 Å². The third-order valence-electron chi connectivity index (χ3n) is 5.52. The molecule has 0 aromatic heterocycles. The topological polar surface area (TPSA) is 76.7 Å². The van der Waals surface area contributed by atoms with Gasteiger partial charge in [-0.2, -0.15) is 0 Å². The van der Waals surface area contributed by atoms with Gasteiger partial charge in [-0.25, -0.2) is 0 Å². The van der Waals surface area contributed by atoms with E-state index in [2.05, 4.69) is 10.6 Å². The lowest BCUT2D eigenvalue weighted by molar-refractivity contribution is -0.115. The summed E-state index contributed by atoms with van der Waals surface area (Å²) in [7, 11) is 3.26. The van der Waals surface area contributed by atoms with Crippen molar-refractivity contribution in [3.05, 3.63) is 83.4 Å². The van der Waals surface area contributed by atoms with Gasteiger partial charge in [0.25, 0.3) is 5.91 Å². The fourth-order valence-electron chi connectivity index (χ4n) is 3.69. The van der Waals surface area contributed by atoms with Crippen LogP contribution in [0.3, 0.4) is 0 Å².